The van der Waals surface area contributed by atoms with Gasteiger partial charge in [0.25, 0.3) is 0 Å². The second-order valence-corrected chi connectivity index (χ2v) is 3.21. The highest BCUT2D eigenvalue weighted by Crippen LogP contribution is 2.01. The maximum Gasteiger partial charge on any atom is 0.315 e. The predicted octanol–water partition coefficient (Wildman–Crippen LogP) is -1.12. The Kier molecular flexibility index (Phi) is 5.14. The van der Waals surface area contributed by atoms with Gasteiger partial charge in [-0.25, -0.2) is 4.79 Å². The molecular weight excluding hydrogens is 202 g/mol. The number of amides is 3. The number of carbonyl (C=O) groups excluding carboxylic acids is 2. The van der Waals surface area contributed by atoms with Gasteiger partial charge in [0.05, 0.1) is 12.5 Å². The predicted molar refractivity (Wildman–Crippen MR) is 52.0 cm³/mol. The van der Waals surface area contributed by atoms with Crippen LogP contribution in [0.2, 0.25) is 0 Å². The summed E-state index contributed by atoms with van der Waals surface area (Å²) in [5.41, 5.74) is 4.80. The van der Waals surface area contributed by atoms with Gasteiger partial charge in [-0.1, -0.05) is 0 Å². The summed E-state index contributed by atoms with van der Waals surface area (Å²) in [5.74, 6) is -2.37. The molecular formula is C8H15N3O4. The Morgan fingerprint density at radius 3 is 2.27 bits per heavy atom. The molecule has 0 aromatic carbocycles. The molecule has 7 nitrogen and oxygen atoms in total. The molecule has 0 aromatic heterocycles. The Morgan fingerprint density at radius 1 is 1.33 bits per heavy atom. The minimum absolute atomic E-state index is 0.278. The van der Waals surface area contributed by atoms with Crippen molar-refractivity contribution < 1.29 is 19.5 Å². The zero-order valence-electron chi connectivity index (χ0n) is 8.61. The third kappa shape index (κ3) is 5.50. The normalized spacial score (nSPS) is 13.7. The Labute approximate surface area is 87.0 Å². The molecule has 0 spiro atoms. The van der Waals surface area contributed by atoms with Crippen molar-refractivity contribution in [3.8, 4) is 0 Å². The van der Waals surface area contributed by atoms with Crippen LogP contribution in [0, 0.1) is 5.92 Å². The van der Waals surface area contributed by atoms with E-state index in [0.717, 1.165) is 0 Å². The molecule has 2 atom stereocenters. The van der Waals surface area contributed by atoms with Crippen LogP contribution in [0.1, 0.15) is 13.8 Å². The summed E-state index contributed by atoms with van der Waals surface area (Å²) in [4.78, 5) is 31.9. The van der Waals surface area contributed by atoms with E-state index < -0.39 is 29.9 Å². The molecule has 5 N–H and O–H groups in total. The average molecular weight is 217 g/mol. The summed E-state index contributed by atoms with van der Waals surface area (Å²) in [6, 6.07) is -1.15. The number of nitrogens with two attached hydrogens (primary N) is 1. The fraction of sp³-hybridized carbons (Fsp3) is 0.625. The number of carboxylic acid groups (broad SMARTS) is 1. The van der Waals surface area contributed by atoms with E-state index in [0.29, 0.717) is 0 Å². The van der Waals surface area contributed by atoms with Crippen LogP contribution >= 0.6 is 0 Å². The van der Waals surface area contributed by atoms with E-state index in [4.69, 9.17) is 10.8 Å². The van der Waals surface area contributed by atoms with Crippen LogP contribution in [0.3, 0.4) is 0 Å². The molecule has 0 aliphatic heterocycles. The standard InChI is InChI=1S/C8H15N3O4/c1-4(7(13)14)5(2)11-8(15)10-3-6(9)12/h4-5H,3H2,1-2H3,(H2,9,12)(H,13,14)(H2,10,11,15). The second kappa shape index (κ2) is 5.84. The summed E-state index contributed by atoms with van der Waals surface area (Å²) >= 11 is 0. The van der Waals surface area contributed by atoms with Crippen LogP contribution in [0.15, 0.2) is 0 Å². The maximum absolute atomic E-state index is 11.1. The van der Waals surface area contributed by atoms with Gasteiger partial charge < -0.3 is 21.5 Å². The topological polar surface area (TPSA) is 122 Å². The van der Waals surface area contributed by atoms with Crippen molar-refractivity contribution in [1.82, 2.24) is 10.6 Å². The molecule has 0 heterocycles. The fourth-order valence-corrected chi connectivity index (χ4v) is 0.764. The summed E-state index contributed by atoms with van der Waals surface area (Å²) in [5, 5.41) is 13.2. The highest BCUT2D eigenvalue weighted by Gasteiger charge is 2.20. The first-order chi connectivity index (χ1) is 6.84. The minimum Gasteiger partial charge on any atom is -0.481 e. The van der Waals surface area contributed by atoms with Crippen LogP contribution in [-0.2, 0) is 9.59 Å². The largest absolute Gasteiger partial charge is 0.481 e. The number of urea groups is 1. The quantitative estimate of drug-likeness (QED) is 0.466. The molecule has 0 rings (SSSR count). The van der Waals surface area contributed by atoms with Crippen LogP contribution in [-0.4, -0.2) is 35.6 Å². The van der Waals surface area contributed by atoms with Crippen molar-refractivity contribution in [2.24, 2.45) is 11.7 Å². The molecule has 0 aliphatic rings. The number of nitrogens with one attached hydrogen (secondary N) is 2. The van der Waals surface area contributed by atoms with Gasteiger partial charge in [0.15, 0.2) is 0 Å². The Bertz CT molecular complexity index is 267. The molecule has 7 heteroatoms. The number of carbonyl (C=O) groups is 3. The summed E-state index contributed by atoms with van der Waals surface area (Å²) in [6.45, 7) is 2.75. The average Bonchev–Trinajstić information content (AvgIpc) is 2.13. The van der Waals surface area contributed by atoms with Gasteiger partial charge in [0.1, 0.15) is 0 Å². The van der Waals surface area contributed by atoms with Crippen molar-refractivity contribution in [2.45, 2.75) is 19.9 Å². The van der Waals surface area contributed by atoms with E-state index in [1.54, 1.807) is 6.92 Å². The zero-order chi connectivity index (χ0) is 12.0. The molecule has 0 aromatic rings. The summed E-state index contributed by atoms with van der Waals surface area (Å²) in [6.07, 6.45) is 0. The van der Waals surface area contributed by atoms with Gasteiger partial charge in [0.2, 0.25) is 5.91 Å². The smallest absolute Gasteiger partial charge is 0.315 e. The lowest BCUT2D eigenvalue weighted by atomic mass is 10.0. The van der Waals surface area contributed by atoms with E-state index in [-0.39, 0.29) is 6.54 Å². The number of aliphatic carboxylic acids is 1. The lowest BCUT2D eigenvalue weighted by Crippen LogP contribution is -2.47. The zero-order valence-corrected chi connectivity index (χ0v) is 8.61. The maximum atomic E-state index is 11.1. The Hall–Kier alpha value is -1.79. The van der Waals surface area contributed by atoms with E-state index in [9.17, 15) is 14.4 Å². The van der Waals surface area contributed by atoms with E-state index in [1.165, 1.54) is 6.92 Å². The monoisotopic (exact) mass is 217 g/mol. The third-order valence-corrected chi connectivity index (χ3v) is 1.92. The summed E-state index contributed by atoms with van der Waals surface area (Å²) in [7, 11) is 0. The first-order valence-electron chi connectivity index (χ1n) is 4.40. The van der Waals surface area contributed by atoms with Crippen LogP contribution < -0.4 is 16.4 Å². The molecule has 0 radical (unpaired) electrons. The Balaban J connectivity index is 3.96. The molecule has 0 saturated heterocycles. The van der Waals surface area contributed by atoms with Crippen molar-refractivity contribution >= 4 is 17.9 Å². The minimum atomic E-state index is -1.00. The number of rotatable bonds is 5. The van der Waals surface area contributed by atoms with Gasteiger partial charge in [-0.15, -0.1) is 0 Å². The van der Waals surface area contributed by atoms with Crippen molar-refractivity contribution in [2.75, 3.05) is 6.54 Å². The van der Waals surface area contributed by atoms with Gasteiger partial charge in [0, 0.05) is 6.04 Å². The molecule has 86 valence electrons. The van der Waals surface area contributed by atoms with Crippen molar-refractivity contribution in [3.63, 3.8) is 0 Å². The molecule has 0 aliphatic carbocycles. The second-order valence-electron chi connectivity index (χ2n) is 3.21. The van der Waals surface area contributed by atoms with Crippen LogP contribution in [0.5, 0.6) is 0 Å². The highest BCUT2D eigenvalue weighted by atomic mass is 16.4. The lowest BCUT2D eigenvalue weighted by Gasteiger charge is -2.17. The molecule has 15 heavy (non-hydrogen) atoms. The fourth-order valence-electron chi connectivity index (χ4n) is 0.764. The number of hydrogen-bond donors (Lipinski definition) is 4. The van der Waals surface area contributed by atoms with E-state index >= 15 is 0 Å². The van der Waals surface area contributed by atoms with Gasteiger partial charge in [-0.05, 0) is 13.8 Å². The highest BCUT2D eigenvalue weighted by molar-refractivity contribution is 5.83. The van der Waals surface area contributed by atoms with E-state index in [1.807, 2.05) is 0 Å². The Morgan fingerprint density at radius 2 is 1.87 bits per heavy atom. The molecule has 3 amide bonds. The molecule has 2 unspecified atom stereocenters. The first-order valence-corrected chi connectivity index (χ1v) is 4.40. The lowest BCUT2D eigenvalue weighted by molar-refractivity contribution is -0.141. The third-order valence-electron chi connectivity index (χ3n) is 1.92. The van der Waals surface area contributed by atoms with E-state index in [2.05, 4.69) is 10.6 Å². The molecule has 0 saturated carbocycles. The van der Waals surface area contributed by atoms with Gasteiger partial charge >= 0.3 is 12.0 Å². The van der Waals surface area contributed by atoms with Crippen molar-refractivity contribution in [1.29, 1.82) is 0 Å². The van der Waals surface area contributed by atoms with Crippen LogP contribution in [0.4, 0.5) is 4.79 Å². The van der Waals surface area contributed by atoms with Crippen LogP contribution in [0.25, 0.3) is 0 Å². The SMILES string of the molecule is CC(NC(=O)NCC(N)=O)C(C)C(=O)O. The number of carboxylic acids is 1. The number of primary amides is 1. The molecule has 0 fully saturated rings. The first kappa shape index (κ1) is 13.2. The summed E-state index contributed by atoms with van der Waals surface area (Å²) < 4.78 is 0. The van der Waals surface area contributed by atoms with Gasteiger partial charge in [-0.2, -0.15) is 0 Å². The molecule has 0 bridgehead atoms. The van der Waals surface area contributed by atoms with Gasteiger partial charge in [-0.3, -0.25) is 9.59 Å². The number of hydrogen-bond acceptors (Lipinski definition) is 3. The van der Waals surface area contributed by atoms with Crippen molar-refractivity contribution in [3.05, 3.63) is 0 Å².